The second-order valence-corrected chi connectivity index (χ2v) is 8.97. The maximum Gasteiger partial charge on any atom is 0.410 e. The van der Waals surface area contributed by atoms with Crippen molar-refractivity contribution in [2.75, 3.05) is 31.1 Å². The number of amides is 1. The largest absolute Gasteiger partial charge is 0.444 e. The number of aromatic amines is 1. The number of halogens is 2. The molecule has 0 bridgehead atoms. The highest BCUT2D eigenvalue weighted by atomic mass is 35.5. The first-order valence-corrected chi connectivity index (χ1v) is 10.5. The van der Waals surface area contributed by atoms with E-state index in [9.17, 15) is 4.79 Å². The average molecular weight is 448 g/mol. The Kier molecular flexibility index (Phi) is 5.51. The second kappa shape index (κ2) is 7.96. The summed E-state index contributed by atoms with van der Waals surface area (Å²) in [6.07, 6.45) is 3.12. The standard InChI is InChI=1S/C21H23Cl2N5O2/c1-21(2,3)30-20(29)28-8-6-27(7-9-28)13-4-5-14-15(11-24-17(14)10-13)18-16(22)12-25-19(23)26-18/h4-5,10-12,24H,6-9H2,1-3H3. The number of benzene rings is 1. The summed E-state index contributed by atoms with van der Waals surface area (Å²) in [5.41, 5.74) is 3.05. The van der Waals surface area contributed by atoms with Crippen molar-refractivity contribution >= 4 is 45.9 Å². The van der Waals surface area contributed by atoms with Gasteiger partial charge in [-0.1, -0.05) is 17.7 Å². The fraction of sp³-hybridized carbons (Fsp3) is 0.381. The Morgan fingerprint density at radius 1 is 1.17 bits per heavy atom. The smallest absolute Gasteiger partial charge is 0.410 e. The van der Waals surface area contributed by atoms with E-state index >= 15 is 0 Å². The minimum absolute atomic E-state index is 0.156. The second-order valence-electron chi connectivity index (χ2n) is 8.22. The third-order valence-corrected chi connectivity index (χ3v) is 5.39. The van der Waals surface area contributed by atoms with Gasteiger partial charge in [-0.15, -0.1) is 0 Å². The van der Waals surface area contributed by atoms with Gasteiger partial charge in [0.25, 0.3) is 0 Å². The Morgan fingerprint density at radius 3 is 2.60 bits per heavy atom. The number of aromatic nitrogens is 3. The average Bonchev–Trinajstić information content (AvgIpc) is 3.11. The highest BCUT2D eigenvalue weighted by Gasteiger charge is 2.26. The molecule has 1 amide bonds. The number of carbonyl (C=O) groups is 1. The van der Waals surface area contributed by atoms with Crippen LogP contribution in [0.2, 0.25) is 10.3 Å². The van der Waals surface area contributed by atoms with Gasteiger partial charge in [0.2, 0.25) is 5.28 Å². The molecular weight excluding hydrogens is 425 g/mol. The number of piperazine rings is 1. The van der Waals surface area contributed by atoms with Crippen LogP contribution in [0.25, 0.3) is 22.2 Å². The molecule has 9 heteroatoms. The molecule has 3 aromatic rings. The Labute approximate surface area is 184 Å². The molecule has 1 aliphatic rings. The first kappa shape index (κ1) is 20.8. The van der Waals surface area contributed by atoms with Gasteiger partial charge in [-0.05, 0) is 44.5 Å². The maximum atomic E-state index is 12.3. The van der Waals surface area contributed by atoms with Gasteiger partial charge in [0.15, 0.2) is 0 Å². The zero-order valence-corrected chi connectivity index (χ0v) is 18.6. The summed E-state index contributed by atoms with van der Waals surface area (Å²) in [7, 11) is 0. The van der Waals surface area contributed by atoms with Crippen LogP contribution in [-0.4, -0.2) is 57.7 Å². The molecule has 158 valence electrons. The Bertz CT molecular complexity index is 1080. The molecule has 0 spiro atoms. The van der Waals surface area contributed by atoms with Crippen molar-refractivity contribution < 1.29 is 9.53 Å². The normalized spacial score (nSPS) is 15.0. The summed E-state index contributed by atoms with van der Waals surface area (Å²) < 4.78 is 5.47. The molecule has 1 fully saturated rings. The van der Waals surface area contributed by atoms with E-state index in [4.69, 9.17) is 27.9 Å². The van der Waals surface area contributed by atoms with E-state index in [0.29, 0.717) is 23.8 Å². The van der Waals surface area contributed by atoms with Crippen LogP contribution >= 0.6 is 23.2 Å². The third kappa shape index (κ3) is 4.32. The van der Waals surface area contributed by atoms with Crippen molar-refractivity contribution in [3.63, 3.8) is 0 Å². The Hall–Kier alpha value is -2.51. The molecule has 1 aliphatic heterocycles. The minimum atomic E-state index is -0.485. The lowest BCUT2D eigenvalue weighted by molar-refractivity contribution is 0.0240. The molecule has 0 radical (unpaired) electrons. The number of ether oxygens (including phenoxy) is 1. The summed E-state index contributed by atoms with van der Waals surface area (Å²) in [5.74, 6) is 0. The number of anilines is 1. The van der Waals surface area contributed by atoms with E-state index in [1.54, 1.807) is 4.90 Å². The van der Waals surface area contributed by atoms with Crippen LogP contribution in [-0.2, 0) is 4.74 Å². The number of hydrogen-bond donors (Lipinski definition) is 1. The fourth-order valence-corrected chi connectivity index (χ4v) is 3.84. The van der Waals surface area contributed by atoms with E-state index in [0.717, 1.165) is 35.2 Å². The molecule has 7 nitrogen and oxygen atoms in total. The molecule has 0 aliphatic carbocycles. The van der Waals surface area contributed by atoms with Gasteiger partial charge < -0.3 is 19.5 Å². The van der Waals surface area contributed by atoms with Crippen LogP contribution in [0.4, 0.5) is 10.5 Å². The Morgan fingerprint density at radius 2 is 1.90 bits per heavy atom. The van der Waals surface area contributed by atoms with Crippen LogP contribution in [0.1, 0.15) is 20.8 Å². The van der Waals surface area contributed by atoms with Crippen LogP contribution in [0.3, 0.4) is 0 Å². The van der Waals surface area contributed by atoms with E-state index < -0.39 is 5.60 Å². The van der Waals surface area contributed by atoms with Gasteiger partial charge in [-0.2, -0.15) is 0 Å². The SMILES string of the molecule is CC(C)(C)OC(=O)N1CCN(c2ccc3c(-c4nc(Cl)ncc4Cl)c[nH]c3c2)CC1. The van der Waals surface area contributed by atoms with E-state index in [2.05, 4.69) is 32.0 Å². The number of nitrogens with one attached hydrogen (secondary N) is 1. The van der Waals surface area contributed by atoms with Crippen LogP contribution in [0.5, 0.6) is 0 Å². The predicted octanol–water partition coefficient (Wildman–Crippen LogP) is 4.99. The van der Waals surface area contributed by atoms with E-state index in [1.807, 2.05) is 33.0 Å². The minimum Gasteiger partial charge on any atom is -0.444 e. The number of fused-ring (bicyclic) bond motifs is 1. The lowest BCUT2D eigenvalue weighted by Gasteiger charge is -2.36. The predicted molar refractivity (Wildman–Crippen MR) is 119 cm³/mol. The number of nitrogens with zero attached hydrogens (tertiary/aromatic N) is 4. The maximum absolute atomic E-state index is 12.3. The molecular formula is C21H23Cl2N5O2. The summed E-state index contributed by atoms with van der Waals surface area (Å²) in [5, 5.41) is 1.61. The topological polar surface area (TPSA) is 74.3 Å². The molecule has 0 unspecified atom stereocenters. The van der Waals surface area contributed by atoms with Crippen LogP contribution < -0.4 is 4.90 Å². The summed E-state index contributed by atoms with van der Waals surface area (Å²) in [6, 6.07) is 6.21. The lowest BCUT2D eigenvalue weighted by Crippen LogP contribution is -2.50. The van der Waals surface area contributed by atoms with Gasteiger partial charge in [0, 0.05) is 54.5 Å². The molecule has 30 heavy (non-hydrogen) atoms. The highest BCUT2D eigenvalue weighted by Crippen LogP contribution is 2.34. The first-order valence-electron chi connectivity index (χ1n) is 9.74. The van der Waals surface area contributed by atoms with Gasteiger partial charge in [0.1, 0.15) is 5.60 Å². The molecule has 2 aromatic heterocycles. The van der Waals surface area contributed by atoms with Crippen molar-refractivity contribution in [3.8, 4) is 11.3 Å². The third-order valence-electron chi connectivity index (χ3n) is 4.93. The van der Waals surface area contributed by atoms with Gasteiger partial charge in [0.05, 0.1) is 16.9 Å². The molecule has 1 N–H and O–H groups in total. The lowest BCUT2D eigenvalue weighted by atomic mass is 10.1. The molecule has 1 saturated heterocycles. The van der Waals surface area contributed by atoms with E-state index in [-0.39, 0.29) is 11.4 Å². The highest BCUT2D eigenvalue weighted by molar-refractivity contribution is 6.34. The van der Waals surface area contributed by atoms with Gasteiger partial charge >= 0.3 is 6.09 Å². The number of H-pyrrole nitrogens is 1. The monoisotopic (exact) mass is 447 g/mol. The number of carbonyl (C=O) groups excluding carboxylic acids is 1. The van der Waals surface area contributed by atoms with E-state index in [1.165, 1.54) is 6.20 Å². The van der Waals surface area contributed by atoms with Crippen molar-refractivity contribution in [2.24, 2.45) is 0 Å². The molecule has 1 aromatic carbocycles. The molecule has 4 rings (SSSR count). The number of rotatable bonds is 2. The zero-order chi connectivity index (χ0) is 21.5. The van der Waals surface area contributed by atoms with Crippen LogP contribution in [0.15, 0.2) is 30.6 Å². The molecule has 3 heterocycles. The van der Waals surface area contributed by atoms with Crippen molar-refractivity contribution in [1.29, 1.82) is 0 Å². The van der Waals surface area contributed by atoms with Gasteiger partial charge in [-0.3, -0.25) is 0 Å². The summed E-state index contributed by atoms with van der Waals surface area (Å²) in [6.45, 7) is 8.37. The first-order chi connectivity index (χ1) is 14.2. The van der Waals surface area contributed by atoms with Crippen molar-refractivity contribution in [3.05, 3.63) is 40.9 Å². The zero-order valence-electron chi connectivity index (χ0n) is 17.1. The summed E-state index contributed by atoms with van der Waals surface area (Å²) in [4.78, 5) is 27.8. The molecule has 0 saturated carbocycles. The fourth-order valence-electron chi connectivity index (χ4n) is 3.51. The van der Waals surface area contributed by atoms with Crippen LogP contribution in [0, 0.1) is 0 Å². The van der Waals surface area contributed by atoms with Crippen molar-refractivity contribution in [1.82, 2.24) is 19.9 Å². The molecule has 0 atom stereocenters. The van der Waals surface area contributed by atoms with Gasteiger partial charge in [-0.25, -0.2) is 14.8 Å². The number of hydrogen-bond acceptors (Lipinski definition) is 5. The summed E-state index contributed by atoms with van der Waals surface area (Å²) >= 11 is 12.2. The Balaban J connectivity index is 1.51. The quantitative estimate of drug-likeness (QED) is 0.560. The van der Waals surface area contributed by atoms with Crippen molar-refractivity contribution in [2.45, 2.75) is 26.4 Å².